The Balaban J connectivity index is 2.59. The number of hydrogen-bond acceptors (Lipinski definition) is 5. The molecule has 0 fully saturated rings. The monoisotopic (exact) mass is 274 g/mol. The first-order valence-electron chi connectivity index (χ1n) is 5.69. The van der Waals surface area contributed by atoms with Gasteiger partial charge in [-0.25, -0.2) is 9.97 Å². The summed E-state index contributed by atoms with van der Waals surface area (Å²) in [4.78, 5) is 19.2. The fourth-order valence-corrected chi connectivity index (χ4v) is 1.45. The molecule has 0 amide bonds. The van der Waals surface area contributed by atoms with Gasteiger partial charge in [-0.3, -0.25) is 4.79 Å². The van der Waals surface area contributed by atoms with Crippen LogP contribution >= 0.6 is 11.8 Å². The van der Waals surface area contributed by atoms with E-state index < -0.39 is 0 Å². The minimum Gasteiger partial charge on any atom is -0.452 e. The summed E-state index contributed by atoms with van der Waals surface area (Å²) in [6.07, 6.45) is 3.95. The van der Waals surface area contributed by atoms with Gasteiger partial charge in [0, 0.05) is 12.6 Å². The van der Waals surface area contributed by atoms with Crippen LogP contribution in [0.3, 0.4) is 0 Å². The maximum atomic E-state index is 10.8. The molecule has 0 N–H and O–H groups in total. The molecule has 5 heteroatoms. The zero-order valence-electron chi connectivity index (χ0n) is 11.1. The molecular formula is C14H14N2O2S. The third kappa shape index (κ3) is 5.46. The molecule has 1 heterocycles. The van der Waals surface area contributed by atoms with E-state index in [0.29, 0.717) is 6.42 Å². The highest BCUT2D eigenvalue weighted by molar-refractivity contribution is 7.98. The van der Waals surface area contributed by atoms with E-state index in [1.165, 1.54) is 11.8 Å². The van der Waals surface area contributed by atoms with Crippen molar-refractivity contribution in [1.82, 2.24) is 9.97 Å². The fourth-order valence-electron chi connectivity index (χ4n) is 1.06. The molecule has 1 aromatic heterocycles. The van der Waals surface area contributed by atoms with Crippen molar-refractivity contribution in [1.29, 1.82) is 0 Å². The number of rotatable bonds is 3. The van der Waals surface area contributed by atoms with E-state index in [4.69, 9.17) is 4.74 Å². The number of thioether (sulfide) groups is 1. The Morgan fingerprint density at radius 3 is 2.89 bits per heavy atom. The lowest BCUT2D eigenvalue weighted by molar-refractivity contribution is -0.141. The molecule has 1 rings (SSSR count). The van der Waals surface area contributed by atoms with Crippen molar-refractivity contribution >= 4 is 17.7 Å². The van der Waals surface area contributed by atoms with Crippen LogP contribution in [0.25, 0.3) is 0 Å². The number of esters is 1. The Bertz CT molecular complexity index is 577. The van der Waals surface area contributed by atoms with Crippen LogP contribution in [0.1, 0.15) is 24.6 Å². The molecule has 0 aliphatic heterocycles. The van der Waals surface area contributed by atoms with E-state index in [9.17, 15) is 4.79 Å². The highest BCUT2D eigenvalue weighted by Gasteiger charge is 1.99. The predicted octanol–water partition coefficient (Wildman–Crippen LogP) is 1.82. The van der Waals surface area contributed by atoms with E-state index in [1.54, 1.807) is 13.1 Å². The summed E-state index contributed by atoms with van der Waals surface area (Å²) >= 11 is 1.48. The predicted molar refractivity (Wildman–Crippen MR) is 74.5 cm³/mol. The minimum absolute atomic E-state index is 0.0717. The molecule has 0 aromatic carbocycles. The van der Waals surface area contributed by atoms with Crippen molar-refractivity contribution in [2.75, 3.05) is 12.9 Å². The number of hydrogen-bond donors (Lipinski definition) is 0. The second-order valence-electron chi connectivity index (χ2n) is 3.42. The highest BCUT2D eigenvalue weighted by atomic mass is 32.2. The molecule has 0 aliphatic rings. The zero-order valence-corrected chi connectivity index (χ0v) is 11.9. The van der Waals surface area contributed by atoms with Crippen molar-refractivity contribution in [3.8, 4) is 23.7 Å². The third-order valence-corrected chi connectivity index (χ3v) is 2.64. The first kappa shape index (κ1) is 15.1. The summed E-state index contributed by atoms with van der Waals surface area (Å²) in [6, 6.07) is 0. The van der Waals surface area contributed by atoms with Crippen LogP contribution in [0.5, 0.6) is 0 Å². The number of nitrogens with zero attached hydrogens (tertiary/aromatic N) is 2. The summed E-state index contributed by atoms with van der Waals surface area (Å²) in [7, 11) is 0. The maximum Gasteiger partial charge on any atom is 0.306 e. The standard InChI is InChI=1S/C14H14N2O2S/c1-4-13(17)18-9-7-5-6-8-12-10-15-14(19-3)16-11(12)2/h10H,4,9H2,1-3H3. The van der Waals surface area contributed by atoms with Crippen LogP contribution in [0.15, 0.2) is 11.4 Å². The van der Waals surface area contributed by atoms with Gasteiger partial charge in [-0.05, 0) is 36.9 Å². The van der Waals surface area contributed by atoms with Gasteiger partial charge in [-0.2, -0.15) is 0 Å². The van der Waals surface area contributed by atoms with Gasteiger partial charge in [0.1, 0.15) is 0 Å². The largest absolute Gasteiger partial charge is 0.452 e. The Morgan fingerprint density at radius 1 is 1.47 bits per heavy atom. The molecule has 1 aromatic rings. The van der Waals surface area contributed by atoms with Gasteiger partial charge in [0.2, 0.25) is 0 Å². The average molecular weight is 274 g/mol. The smallest absolute Gasteiger partial charge is 0.306 e. The summed E-state index contributed by atoms with van der Waals surface area (Å²) in [5.74, 6) is 10.6. The second kappa shape index (κ2) is 8.18. The minimum atomic E-state index is -0.265. The summed E-state index contributed by atoms with van der Waals surface area (Å²) < 4.78 is 4.79. The summed E-state index contributed by atoms with van der Waals surface area (Å²) in [5.41, 5.74) is 1.57. The zero-order chi connectivity index (χ0) is 14.1. The lowest BCUT2D eigenvalue weighted by atomic mass is 10.2. The van der Waals surface area contributed by atoms with Crippen LogP contribution in [0.2, 0.25) is 0 Å². The molecule has 0 atom stereocenters. The first-order chi connectivity index (χ1) is 9.17. The van der Waals surface area contributed by atoms with Crippen molar-refractivity contribution < 1.29 is 9.53 Å². The third-order valence-electron chi connectivity index (χ3n) is 2.08. The molecule has 0 unspecified atom stereocenters. The number of carbonyl (C=O) groups excluding carboxylic acids is 1. The van der Waals surface area contributed by atoms with Gasteiger partial charge in [0.25, 0.3) is 0 Å². The van der Waals surface area contributed by atoms with Crippen molar-refractivity contribution in [2.45, 2.75) is 25.4 Å². The Labute approximate surface area is 117 Å². The van der Waals surface area contributed by atoms with E-state index in [0.717, 1.165) is 16.4 Å². The highest BCUT2D eigenvalue weighted by Crippen LogP contribution is 2.10. The molecule has 0 saturated carbocycles. The van der Waals surface area contributed by atoms with Gasteiger partial charge in [0.05, 0.1) is 11.3 Å². The Kier molecular flexibility index (Phi) is 6.49. The molecule has 19 heavy (non-hydrogen) atoms. The number of ether oxygens (including phenoxy) is 1. The van der Waals surface area contributed by atoms with E-state index >= 15 is 0 Å². The number of carbonyl (C=O) groups is 1. The van der Waals surface area contributed by atoms with Gasteiger partial charge in [-0.15, -0.1) is 0 Å². The molecule has 0 spiro atoms. The summed E-state index contributed by atoms with van der Waals surface area (Å²) in [6.45, 7) is 3.68. The molecule has 4 nitrogen and oxygen atoms in total. The Morgan fingerprint density at radius 2 is 2.26 bits per heavy atom. The van der Waals surface area contributed by atoms with E-state index in [2.05, 4.69) is 33.6 Å². The summed E-state index contributed by atoms with van der Waals surface area (Å²) in [5, 5.41) is 0.723. The van der Waals surface area contributed by atoms with Gasteiger partial charge < -0.3 is 4.74 Å². The average Bonchev–Trinajstić information content (AvgIpc) is 2.43. The van der Waals surface area contributed by atoms with Gasteiger partial charge in [0.15, 0.2) is 11.8 Å². The van der Waals surface area contributed by atoms with Crippen LogP contribution in [-0.4, -0.2) is 28.8 Å². The normalized spacial score (nSPS) is 8.79. The molecular weight excluding hydrogens is 260 g/mol. The maximum absolute atomic E-state index is 10.8. The topological polar surface area (TPSA) is 52.1 Å². The number of aryl methyl sites for hydroxylation is 1. The molecule has 98 valence electrons. The second-order valence-corrected chi connectivity index (χ2v) is 4.20. The van der Waals surface area contributed by atoms with Gasteiger partial charge in [-0.1, -0.05) is 18.7 Å². The lowest BCUT2D eigenvalue weighted by Crippen LogP contribution is -2.01. The van der Waals surface area contributed by atoms with Gasteiger partial charge >= 0.3 is 5.97 Å². The van der Waals surface area contributed by atoms with E-state index in [-0.39, 0.29) is 12.6 Å². The molecule has 0 bridgehead atoms. The quantitative estimate of drug-likeness (QED) is 0.364. The molecule has 0 radical (unpaired) electrons. The van der Waals surface area contributed by atoms with Crippen LogP contribution in [0.4, 0.5) is 0 Å². The van der Waals surface area contributed by atoms with Crippen molar-refractivity contribution in [2.24, 2.45) is 0 Å². The van der Waals surface area contributed by atoms with Crippen LogP contribution in [-0.2, 0) is 9.53 Å². The number of aromatic nitrogens is 2. The first-order valence-corrected chi connectivity index (χ1v) is 6.92. The van der Waals surface area contributed by atoms with E-state index in [1.807, 2.05) is 13.2 Å². The molecule has 0 aliphatic carbocycles. The fraction of sp³-hybridized carbons (Fsp3) is 0.357. The van der Waals surface area contributed by atoms with Crippen molar-refractivity contribution in [3.63, 3.8) is 0 Å². The lowest BCUT2D eigenvalue weighted by Gasteiger charge is -1.98. The van der Waals surface area contributed by atoms with Crippen LogP contribution < -0.4 is 0 Å². The van der Waals surface area contributed by atoms with Crippen LogP contribution in [0, 0.1) is 30.6 Å². The molecule has 0 saturated heterocycles. The Hall–Kier alpha value is -1.98. The van der Waals surface area contributed by atoms with Crippen molar-refractivity contribution in [3.05, 3.63) is 17.5 Å². The SMILES string of the molecule is CCC(=O)OCC#CC#Cc1cnc(SC)nc1C.